The zero-order valence-corrected chi connectivity index (χ0v) is 16.0. The zero-order valence-electron chi connectivity index (χ0n) is 16.0. The van der Waals surface area contributed by atoms with Crippen LogP contribution < -0.4 is 4.57 Å². The number of ether oxygens (including phenoxy) is 1. The molecule has 2 aromatic rings. The zero-order chi connectivity index (χ0) is 19.2. The number of rotatable bonds is 1. The fraction of sp³-hybridized carbons (Fsp3) is 0.167. The maximum atomic E-state index is 5.97. The van der Waals surface area contributed by atoms with Gasteiger partial charge < -0.3 is 4.74 Å². The lowest BCUT2D eigenvalue weighted by Crippen LogP contribution is -2.34. The van der Waals surface area contributed by atoms with Gasteiger partial charge >= 0.3 is 0 Å². The van der Waals surface area contributed by atoms with E-state index in [1.807, 2.05) is 54.4 Å². The monoisotopic (exact) mass is 357 g/mol. The van der Waals surface area contributed by atoms with E-state index >= 15 is 0 Å². The van der Waals surface area contributed by atoms with E-state index in [0.29, 0.717) is 11.5 Å². The van der Waals surface area contributed by atoms with Crippen LogP contribution in [0.15, 0.2) is 97.3 Å². The maximum Gasteiger partial charge on any atom is 0.287 e. The number of hydrogen-bond donors (Lipinski definition) is 0. The van der Waals surface area contributed by atoms with Gasteiger partial charge in [-0.2, -0.15) is 0 Å². The Morgan fingerprint density at radius 2 is 1.81 bits per heavy atom. The summed E-state index contributed by atoms with van der Waals surface area (Å²) in [7, 11) is 1.99. The Kier molecular flexibility index (Phi) is 5.82. The molecule has 0 fully saturated rings. The molecule has 27 heavy (non-hydrogen) atoms. The molecular weight excluding hydrogens is 332 g/mol. The molecule has 0 atom stereocenters. The molecule has 0 amide bonds. The van der Waals surface area contributed by atoms with Gasteiger partial charge in [-0.25, -0.2) is 4.57 Å². The van der Waals surface area contributed by atoms with Gasteiger partial charge in [0.25, 0.3) is 6.33 Å². The summed E-state index contributed by atoms with van der Waals surface area (Å²) in [5, 5.41) is 1.06. The molecule has 2 heterocycles. The van der Waals surface area contributed by atoms with Crippen LogP contribution in [0.4, 0.5) is 0 Å². The van der Waals surface area contributed by atoms with Gasteiger partial charge in [-0.1, -0.05) is 55.7 Å². The van der Waals surface area contributed by atoms with E-state index in [1.165, 1.54) is 0 Å². The third kappa shape index (κ3) is 4.32. The van der Waals surface area contributed by atoms with Gasteiger partial charge in [-0.3, -0.25) is 0 Å². The lowest BCUT2D eigenvalue weighted by atomic mass is 9.99. The molecule has 0 spiro atoms. The van der Waals surface area contributed by atoms with Crippen LogP contribution in [-0.4, -0.2) is 4.98 Å². The van der Waals surface area contributed by atoms with Gasteiger partial charge in [-0.05, 0) is 48.5 Å². The van der Waals surface area contributed by atoms with Crippen molar-refractivity contribution >= 4 is 16.5 Å². The summed E-state index contributed by atoms with van der Waals surface area (Å²) in [6.45, 7) is 10.3. The molecule has 0 radical (unpaired) electrons. The first-order valence-corrected chi connectivity index (χ1v) is 9.08. The van der Waals surface area contributed by atoms with Crippen molar-refractivity contribution in [2.24, 2.45) is 7.05 Å². The average Bonchev–Trinajstić information content (AvgIpc) is 2.66. The maximum absolute atomic E-state index is 5.97. The molecule has 3 rings (SSSR count). The van der Waals surface area contributed by atoms with E-state index in [2.05, 4.69) is 49.4 Å². The second-order valence-corrected chi connectivity index (χ2v) is 6.54. The van der Waals surface area contributed by atoms with E-state index in [4.69, 9.17) is 4.74 Å². The number of aryl methyl sites for hydroxylation is 1. The van der Waals surface area contributed by atoms with Crippen LogP contribution in [0.3, 0.4) is 0 Å². The van der Waals surface area contributed by atoms with Crippen LogP contribution in [0, 0.1) is 0 Å². The fourth-order valence-electron chi connectivity index (χ4n) is 3.15. The lowest BCUT2D eigenvalue weighted by Gasteiger charge is -2.16. The Bertz CT molecular complexity index is 1010. The third-order valence-electron chi connectivity index (χ3n) is 4.44. The van der Waals surface area contributed by atoms with Crippen LogP contribution >= 0.6 is 0 Å². The average molecular weight is 357 g/mol. The lowest BCUT2D eigenvalue weighted by molar-refractivity contribution is -0.675. The quantitative estimate of drug-likeness (QED) is 0.644. The molecule has 1 aliphatic heterocycles. The highest BCUT2D eigenvalue weighted by atomic mass is 16.5. The molecule has 1 aromatic heterocycles. The molecule has 0 aliphatic carbocycles. The first-order chi connectivity index (χ1) is 13.1. The summed E-state index contributed by atoms with van der Waals surface area (Å²) in [6, 6.07) is 8.11. The molecule has 1 aromatic carbocycles. The Balaban J connectivity index is 2.20. The molecule has 0 saturated heterocycles. The number of para-hydroxylation sites is 1. The summed E-state index contributed by atoms with van der Waals surface area (Å²) in [5.41, 5.74) is 4.01. The van der Waals surface area contributed by atoms with Crippen molar-refractivity contribution in [3.63, 3.8) is 0 Å². The summed E-state index contributed by atoms with van der Waals surface area (Å²) in [6.07, 6.45) is 16.1. The van der Waals surface area contributed by atoms with Gasteiger partial charge in [0.15, 0.2) is 5.52 Å². The second-order valence-electron chi connectivity index (χ2n) is 6.54. The summed E-state index contributed by atoms with van der Waals surface area (Å²) in [4.78, 5) is 4.53. The SMILES string of the molecule is C=C1/C=C\C=C/CC/C=C\C(C)=C(\c2c3ccccc3nc[n+]2C)C(=C)O1. The van der Waals surface area contributed by atoms with Crippen molar-refractivity contribution in [3.8, 4) is 0 Å². The third-order valence-corrected chi connectivity index (χ3v) is 4.44. The number of benzene rings is 1. The molecular formula is C24H25N2O+. The number of fused-ring (bicyclic) bond motifs is 1. The highest BCUT2D eigenvalue weighted by Crippen LogP contribution is 2.31. The Hall–Kier alpha value is -3.20. The molecule has 0 N–H and O–H groups in total. The summed E-state index contributed by atoms with van der Waals surface area (Å²) < 4.78 is 7.99. The molecule has 0 bridgehead atoms. The summed E-state index contributed by atoms with van der Waals surface area (Å²) >= 11 is 0. The van der Waals surface area contributed by atoms with E-state index < -0.39 is 0 Å². The van der Waals surface area contributed by atoms with E-state index in [0.717, 1.165) is 40.6 Å². The van der Waals surface area contributed by atoms with Crippen molar-refractivity contribution < 1.29 is 9.30 Å². The highest BCUT2D eigenvalue weighted by Gasteiger charge is 2.22. The van der Waals surface area contributed by atoms with Crippen molar-refractivity contribution in [2.75, 3.05) is 0 Å². The number of nitrogens with zero attached hydrogens (tertiary/aromatic N) is 2. The van der Waals surface area contributed by atoms with Crippen LogP contribution in [0.5, 0.6) is 0 Å². The van der Waals surface area contributed by atoms with Crippen molar-refractivity contribution in [2.45, 2.75) is 19.8 Å². The number of allylic oxidation sites excluding steroid dienone is 8. The predicted octanol–water partition coefficient (Wildman–Crippen LogP) is 5.34. The van der Waals surface area contributed by atoms with Gasteiger partial charge in [-0.15, -0.1) is 0 Å². The fourth-order valence-corrected chi connectivity index (χ4v) is 3.15. The van der Waals surface area contributed by atoms with E-state index in [-0.39, 0.29) is 0 Å². The molecule has 0 unspecified atom stereocenters. The van der Waals surface area contributed by atoms with Gasteiger partial charge in [0, 0.05) is 0 Å². The number of aromatic nitrogens is 2. The standard InChI is InChI=1S/C24H25N2O/c1-18-13-9-7-5-6-8-10-14-19(2)27-20(3)23(18)24-21-15-11-12-16-22(21)25-17-26(24)4/h6,8-17H,2-3,5,7H2,1,4H3/q+1/b8-6-,13-9-,14-10-,23-18+. The van der Waals surface area contributed by atoms with Gasteiger partial charge in [0.05, 0.1) is 18.0 Å². The number of hydrogen-bond acceptors (Lipinski definition) is 2. The Labute approximate surface area is 161 Å². The topological polar surface area (TPSA) is 26.0 Å². The van der Waals surface area contributed by atoms with E-state index in [9.17, 15) is 0 Å². The largest absolute Gasteiger partial charge is 0.458 e. The van der Waals surface area contributed by atoms with Crippen LogP contribution in [0.25, 0.3) is 16.5 Å². The minimum atomic E-state index is 0.555. The molecule has 0 saturated carbocycles. The Morgan fingerprint density at radius 3 is 2.67 bits per heavy atom. The predicted molar refractivity (Wildman–Crippen MR) is 112 cm³/mol. The summed E-state index contributed by atoms with van der Waals surface area (Å²) in [5.74, 6) is 1.13. The van der Waals surface area contributed by atoms with Crippen molar-refractivity contribution in [1.29, 1.82) is 0 Å². The highest BCUT2D eigenvalue weighted by molar-refractivity contribution is 5.93. The van der Waals surface area contributed by atoms with Crippen molar-refractivity contribution in [1.82, 2.24) is 4.98 Å². The molecule has 3 nitrogen and oxygen atoms in total. The Morgan fingerprint density at radius 1 is 1.04 bits per heavy atom. The normalized spacial score (nSPS) is 22.3. The molecule has 3 heteroatoms. The minimum Gasteiger partial charge on any atom is -0.458 e. The van der Waals surface area contributed by atoms with Gasteiger partial charge in [0.2, 0.25) is 0 Å². The van der Waals surface area contributed by atoms with Crippen molar-refractivity contribution in [3.05, 3.63) is 103 Å². The first kappa shape index (κ1) is 18.6. The first-order valence-electron chi connectivity index (χ1n) is 9.08. The van der Waals surface area contributed by atoms with Crippen LogP contribution in [0.2, 0.25) is 0 Å². The van der Waals surface area contributed by atoms with Crippen LogP contribution in [0.1, 0.15) is 25.5 Å². The smallest absolute Gasteiger partial charge is 0.287 e. The molecule has 136 valence electrons. The van der Waals surface area contributed by atoms with Gasteiger partial charge in [0.1, 0.15) is 17.2 Å². The molecule has 1 aliphatic rings. The second kappa shape index (κ2) is 8.45. The van der Waals surface area contributed by atoms with E-state index in [1.54, 1.807) is 0 Å². The minimum absolute atomic E-state index is 0.555. The van der Waals surface area contributed by atoms with Crippen LogP contribution in [-0.2, 0) is 11.8 Å².